The highest BCUT2D eigenvalue weighted by Gasteiger charge is 2.28. The van der Waals surface area contributed by atoms with Crippen LogP contribution in [0.4, 0.5) is 8.78 Å². The molecule has 0 aliphatic rings. The fourth-order valence-electron chi connectivity index (χ4n) is 2.22. The normalized spacial score (nSPS) is 14.5. The van der Waals surface area contributed by atoms with E-state index in [0.29, 0.717) is 17.9 Å². The van der Waals surface area contributed by atoms with Crippen molar-refractivity contribution in [1.82, 2.24) is 0 Å². The summed E-state index contributed by atoms with van der Waals surface area (Å²) in [5, 5.41) is 0. The van der Waals surface area contributed by atoms with Crippen LogP contribution in [0.15, 0.2) is 18.2 Å². The lowest BCUT2D eigenvalue weighted by Crippen LogP contribution is -2.25. The fourth-order valence-corrected chi connectivity index (χ4v) is 2.64. The van der Waals surface area contributed by atoms with Crippen molar-refractivity contribution >= 4 is 11.6 Å². The Morgan fingerprint density at radius 3 is 2.44 bits per heavy atom. The maximum absolute atomic E-state index is 13.7. The van der Waals surface area contributed by atoms with Crippen LogP contribution >= 0.6 is 11.6 Å². The van der Waals surface area contributed by atoms with Gasteiger partial charge in [-0.05, 0) is 36.3 Å². The summed E-state index contributed by atoms with van der Waals surface area (Å²) in [4.78, 5) is 0. The molecule has 0 aliphatic heterocycles. The van der Waals surface area contributed by atoms with E-state index in [1.807, 2.05) is 0 Å². The van der Waals surface area contributed by atoms with Crippen LogP contribution in [0.5, 0.6) is 0 Å². The van der Waals surface area contributed by atoms with E-state index in [-0.39, 0.29) is 5.41 Å². The van der Waals surface area contributed by atoms with E-state index in [9.17, 15) is 8.78 Å². The summed E-state index contributed by atoms with van der Waals surface area (Å²) < 4.78 is 26.6. The van der Waals surface area contributed by atoms with E-state index in [0.717, 1.165) is 31.7 Å². The van der Waals surface area contributed by atoms with Gasteiger partial charge >= 0.3 is 0 Å². The average molecular weight is 275 g/mol. The Balaban J connectivity index is 2.88. The molecular weight excluding hydrogens is 254 g/mol. The lowest BCUT2D eigenvalue weighted by Gasteiger charge is -2.31. The molecule has 0 spiro atoms. The highest BCUT2D eigenvalue weighted by atomic mass is 35.5. The summed E-state index contributed by atoms with van der Waals surface area (Å²) >= 11 is 6.10. The van der Waals surface area contributed by atoms with Gasteiger partial charge in [0, 0.05) is 11.9 Å². The zero-order valence-corrected chi connectivity index (χ0v) is 11.9. The third kappa shape index (κ3) is 3.94. The second-order valence-corrected chi connectivity index (χ2v) is 5.27. The number of alkyl halides is 1. The van der Waals surface area contributed by atoms with E-state index in [1.165, 1.54) is 12.1 Å². The smallest absolute Gasteiger partial charge is 0.129 e. The van der Waals surface area contributed by atoms with Crippen LogP contribution in [0.3, 0.4) is 0 Å². The number of halogens is 3. The van der Waals surface area contributed by atoms with Crippen LogP contribution < -0.4 is 0 Å². The maximum atomic E-state index is 13.7. The minimum atomic E-state index is -0.530. The van der Waals surface area contributed by atoms with Gasteiger partial charge in [0.1, 0.15) is 11.6 Å². The largest absolute Gasteiger partial charge is 0.207 e. The van der Waals surface area contributed by atoms with Gasteiger partial charge < -0.3 is 0 Å². The second-order valence-electron chi connectivity index (χ2n) is 5.00. The standard InChI is InChI=1S/C15H21ClF2/c1-3-5-8-15(4-2,11-16)10-12-6-7-13(17)9-14(12)18/h6-7,9H,3-5,8,10-11H2,1-2H3. The van der Waals surface area contributed by atoms with Gasteiger partial charge in [0.05, 0.1) is 0 Å². The zero-order valence-electron chi connectivity index (χ0n) is 11.1. The van der Waals surface area contributed by atoms with Gasteiger partial charge in [-0.2, -0.15) is 0 Å². The molecule has 0 nitrogen and oxygen atoms in total. The van der Waals surface area contributed by atoms with Crippen LogP contribution in [0.1, 0.15) is 45.1 Å². The molecule has 1 unspecified atom stereocenters. The van der Waals surface area contributed by atoms with Crippen molar-refractivity contribution in [2.24, 2.45) is 5.41 Å². The van der Waals surface area contributed by atoms with Gasteiger partial charge in [-0.1, -0.05) is 32.8 Å². The Morgan fingerprint density at radius 1 is 1.22 bits per heavy atom. The van der Waals surface area contributed by atoms with Crippen LogP contribution in [0.2, 0.25) is 0 Å². The molecule has 0 amide bonds. The third-order valence-electron chi connectivity index (χ3n) is 3.67. The second kappa shape index (κ2) is 7.08. The van der Waals surface area contributed by atoms with Gasteiger partial charge in [-0.15, -0.1) is 11.6 Å². The zero-order chi connectivity index (χ0) is 13.6. The van der Waals surface area contributed by atoms with Crippen molar-refractivity contribution in [3.05, 3.63) is 35.4 Å². The Hall–Kier alpha value is -0.630. The summed E-state index contributed by atoms with van der Waals surface area (Å²) in [5.74, 6) is -0.479. The lowest BCUT2D eigenvalue weighted by atomic mass is 9.77. The molecule has 0 fully saturated rings. The SMILES string of the molecule is CCCCC(CC)(CCl)Cc1ccc(F)cc1F. The molecule has 0 saturated heterocycles. The van der Waals surface area contributed by atoms with E-state index < -0.39 is 11.6 Å². The van der Waals surface area contributed by atoms with Gasteiger partial charge in [0.2, 0.25) is 0 Å². The van der Waals surface area contributed by atoms with Crippen LogP contribution in [-0.4, -0.2) is 5.88 Å². The van der Waals surface area contributed by atoms with Crippen molar-refractivity contribution in [2.75, 3.05) is 5.88 Å². The highest BCUT2D eigenvalue weighted by Crippen LogP contribution is 2.35. The van der Waals surface area contributed by atoms with Crippen molar-refractivity contribution in [3.63, 3.8) is 0 Å². The first kappa shape index (κ1) is 15.4. The highest BCUT2D eigenvalue weighted by molar-refractivity contribution is 6.18. The van der Waals surface area contributed by atoms with Gasteiger partial charge in [0.25, 0.3) is 0 Å². The van der Waals surface area contributed by atoms with E-state index in [1.54, 1.807) is 0 Å². The van der Waals surface area contributed by atoms with Gasteiger partial charge in [0.15, 0.2) is 0 Å². The number of unbranched alkanes of at least 4 members (excludes halogenated alkanes) is 1. The topological polar surface area (TPSA) is 0 Å². The molecule has 3 heteroatoms. The predicted molar refractivity (Wildman–Crippen MR) is 73.0 cm³/mol. The maximum Gasteiger partial charge on any atom is 0.129 e. The molecule has 0 N–H and O–H groups in total. The van der Waals surface area contributed by atoms with Crippen LogP contribution in [0, 0.1) is 17.0 Å². The first-order valence-corrected chi connectivity index (χ1v) is 7.10. The Labute approximate surface area is 113 Å². The monoisotopic (exact) mass is 274 g/mol. The molecule has 1 aromatic carbocycles. The Kier molecular flexibility index (Phi) is 6.07. The number of hydrogen-bond acceptors (Lipinski definition) is 0. The molecule has 1 atom stereocenters. The van der Waals surface area contributed by atoms with Crippen LogP contribution in [0.25, 0.3) is 0 Å². The van der Waals surface area contributed by atoms with Crippen molar-refractivity contribution < 1.29 is 8.78 Å². The quantitative estimate of drug-likeness (QED) is 0.589. The van der Waals surface area contributed by atoms with Crippen molar-refractivity contribution in [2.45, 2.75) is 46.0 Å². The molecule has 0 bridgehead atoms. The molecule has 0 radical (unpaired) electrons. The Bertz CT molecular complexity index is 373. The molecule has 1 rings (SSSR count). The lowest BCUT2D eigenvalue weighted by molar-refractivity contribution is 0.275. The summed E-state index contributed by atoms with van der Waals surface area (Å²) in [7, 11) is 0. The molecule has 18 heavy (non-hydrogen) atoms. The molecule has 102 valence electrons. The molecule has 1 aromatic rings. The van der Waals surface area contributed by atoms with Crippen LogP contribution in [-0.2, 0) is 6.42 Å². The first-order chi connectivity index (χ1) is 8.56. The summed E-state index contributed by atoms with van der Waals surface area (Å²) in [6.45, 7) is 4.21. The fraction of sp³-hybridized carbons (Fsp3) is 0.600. The Morgan fingerprint density at radius 2 is 1.94 bits per heavy atom. The van der Waals surface area contributed by atoms with Crippen molar-refractivity contribution in [3.8, 4) is 0 Å². The van der Waals surface area contributed by atoms with Crippen molar-refractivity contribution in [1.29, 1.82) is 0 Å². The number of hydrogen-bond donors (Lipinski definition) is 0. The summed E-state index contributed by atoms with van der Waals surface area (Å²) in [6.07, 6.45) is 4.67. The van der Waals surface area contributed by atoms with E-state index in [4.69, 9.17) is 11.6 Å². The minimum absolute atomic E-state index is 0.0732. The van der Waals surface area contributed by atoms with Gasteiger partial charge in [-0.25, -0.2) is 8.78 Å². The number of benzene rings is 1. The van der Waals surface area contributed by atoms with E-state index in [2.05, 4.69) is 13.8 Å². The molecule has 0 aliphatic carbocycles. The third-order valence-corrected chi connectivity index (χ3v) is 4.24. The molecule has 0 saturated carbocycles. The first-order valence-electron chi connectivity index (χ1n) is 6.57. The number of rotatable bonds is 7. The van der Waals surface area contributed by atoms with E-state index >= 15 is 0 Å². The summed E-state index contributed by atoms with van der Waals surface area (Å²) in [5.41, 5.74) is 0.492. The minimum Gasteiger partial charge on any atom is -0.207 e. The predicted octanol–water partition coefficient (Wildman–Crippen LogP) is 5.33. The van der Waals surface area contributed by atoms with Gasteiger partial charge in [-0.3, -0.25) is 0 Å². The average Bonchev–Trinajstić information content (AvgIpc) is 2.37. The molecular formula is C15H21ClF2. The summed E-state index contributed by atoms with van der Waals surface area (Å²) in [6, 6.07) is 3.80. The molecule has 0 heterocycles. The molecule has 0 aromatic heterocycles.